The topological polar surface area (TPSA) is 23.4 Å². The lowest BCUT2D eigenvalue weighted by Crippen LogP contribution is -2.01. The number of rotatable bonds is 4. The van der Waals surface area contributed by atoms with E-state index >= 15 is 0 Å². The molecule has 3 rings (SSSR count). The first-order chi connectivity index (χ1) is 10.2. The molecule has 0 fully saturated rings. The molecule has 0 atom stereocenters. The number of ether oxygens (including phenoxy) is 2. The standard InChI is InChI=1S/C18H19NO2/c1-13-7-8-14-10-15(19(2)18(14)9-13)12-21-17-6-4-5-16(11-17)20-3/h4-11H,12H2,1-3H3. The molecule has 2 aromatic carbocycles. The van der Waals surface area contributed by atoms with Crippen molar-refractivity contribution >= 4 is 10.9 Å². The summed E-state index contributed by atoms with van der Waals surface area (Å²) in [6.45, 7) is 2.65. The maximum atomic E-state index is 5.87. The van der Waals surface area contributed by atoms with E-state index < -0.39 is 0 Å². The van der Waals surface area contributed by atoms with Crippen LogP contribution in [0.2, 0.25) is 0 Å². The van der Waals surface area contributed by atoms with Crippen molar-refractivity contribution in [2.45, 2.75) is 13.5 Å². The van der Waals surface area contributed by atoms with Crippen LogP contribution in [-0.2, 0) is 13.7 Å². The maximum Gasteiger partial charge on any atom is 0.128 e. The van der Waals surface area contributed by atoms with Gasteiger partial charge in [-0.3, -0.25) is 0 Å². The van der Waals surface area contributed by atoms with E-state index in [4.69, 9.17) is 9.47 Å². The molecule has 0 radical (unpaired) electrons. The third kappa shape index (κ3) is 2.72. The van der Waals surface area contributed by atoms with Crippen LogP contribution in [0.4, 0.5) is 0 Å². The molecule has 108 valence electrons. The van der Waals surface area contributed by atoms with Gasteiger partial charge in [0, 0.05) is 18.6 Å². The molecule has 1 heterocycles. The van der Waals surface area contributed by atoms with Crippen LogP contribution in [0, 0.1) is 6.92 Å². The Morgan fingerprint density at radius 1 is 1.00 bits per heavy atom. The van der Waals surface area contributed by atoms with Gasteiger partial charge in [0.25, 0.3) is 0 Å². The van der Waals surface area contributed by atoms with Gasteiger partial charge in [0.2, 0.25) is 0 Å². The van der Waals surface area contributed by atoms with Gasteiger partial charge in [-0.25, -0.2) is 0 Å². The molecule has 0 spiro atoms. The number of methoxy groups -OCH3 is 1. The second-order valence-electron chi connectivity index (χ2n) is 5.22. The Morgan fingerprint density at radius 3 is 2.62 bits per heavy atom. The number of hydrogen-bond donors (Lipinski definition) is 0. The average molecular weight is 281 g/mol. The predicted molar refractivity (Wildman–Crippen MR) is 85.0 cm³/mol. The smallest absolute Gasteiger partial charge is 0.128 e. The molecule has 0 aliphatic heterocycles. The van der Waals surface area contributed by atoms with Crippen molar-refractivity contribution in [1.82, 2.24) is 4.57 Å². The fourth-order valence-electron chi connectivity index (χ4n) is 2.48. The van der Waals surface area contributed by atoms with E-state index in [0.29, 0.717) is 6.61 Å². The average Bonchev–Trinajstić information content (AvgIpc) is 2.82. The first kappa shape index (κ1) is 13.6. The minimum absolute atomic E-state index is 0.539. The van der Waals surface area contributed by atoms with E-state index in [1.54, 1.807) is 7.11 Å². The summed E-state index contributed by atoms with van der Waals surface area (Å²) in [5.41, 5.74) is 3.65. The summed E-state index contributed by atoms with van der Waals surface area (Å²) in [6.07, 6.45) is 0. The van der Waals surface area contributed by atoms with Gasteiger partial charge in [-0.15, -0.1) is 0 Å². The lowest BCUT2D eigenvalue weighted by Gasteiger charge is -2.09. The van der Waals surface area contributed by atoms with Crippen LogP contribution < -0.4 is 9.47 Å². The van der Waals surface area contributed by atoms with Crippen LogP contribution in [0.5, 0.6) is 11.5 Å². The molecule has 3 heteroatoms. The van der Waals surface area contributed by atoms with Crippen LogP contribution in [0.25, 0.3) is 10.9 Å². The molecule has 0 aliphatic carbocycles. The Morgan fingerprint density at radius 2 is 1.81 bits per heavy atom. The molecule has 0 saturated heterocycles. The summed E-state index contributed by atoms with van der Waals surface area (Å²) in [4.78, 5) is 0. The van der Waals surface area contributed by atoms with E-state index in [2.05, 4.69) is 42.8 Å². The molecule has 3 aromatic rings. The number of aryl methyl sites for hydroxylation is 2. The Hall–Kier alpha value is -2.42. The summed E-state index contributed by atoms with van der Waals surface area (Å²) >= 11 is 0. The van der Waals surface area contributed by atoms with E-state index in [-0.39, 0.29) is 0 Å². The Kier molecular flexibility index (Phi) is 3.57. The number of fused-ring (bicyclic) bond motifs is 1. The van der Waals surface area contributed by atoms with Crippen molar-refractivity contribution in [3.8, 4) is 11.5 Å². The molecule has 1 aromatic heterocycles. The van der Waals surface area contributed by atoms with Crippen molar-refractivity contribution in [1.29, 1.82) is 0 Å². The number of hydrogen-bond acceptors (Lipinski definition) is 2. The summed E-state index contributed by atoms with van der Waals surface area (Å²) in [6, 6.07) is 16.3. The van der Waals surface area contributed by atoms with Crippen molar-refractivity contribution < 1.29 is 9.47 Å². The fourth-order valence-corrected chi connectivity index (χ4v) is 2.48. The normalized spacial score (nSPS) is 10.8. The number of benzene rings is 2. The largest absolute Gasteiger partial charge is 0.497 e. The Bertz CT molecular complexity index is 774. The zero-order valence-electron chi connectivity index (χ0n) is 12.6. The zero-order chi connectivity index (χ0) is 14.8. The summed E-state index contributed by atoms with van der Waals surface area (Å²) < 4.78 is 13.3. The molecular formula is C18H19NO2. The molecule has 3 nitrogen and oxygen atoms in total. The lowest BCUT2D eigenvalue weighted by atomic mass is 10.2. The monoisotopic (exact) mass is 281 g/mol. The van der Waals surface area contributed by atoms with E-state index in [1.165, 1.54) is 16.5 Å². The molecule has 0 unspecified atom stereocenters. The van der Waals surface area contributed by atoms with E-state index in [1.807, 2.05) is 24.3 Å². The van der Waals surface area contributed by atoms with E-state index in [0.717, 1.165) is 17.2 Å². The van der Waals surface area contributed by atoms with Crippen molar-refractivity contribution in [2.75, 3.05) is 7.11 Å². The predicted octanol–water partition coefficient (Wildman–Crippen LogP) is 4.07. The highest BCUT2D eigenvalue weighted by Gasteiger charge is 2.07. The summed E-state index contributed by atoms with van der Waals surface area (Å²) in [5, 5.41) is 1.24. The van der Waals surface area contributed by atoms with Gasteiger partial charge >= 0.3 is 0 Å². The van der Waals surface area contributed by atoms with Gasteiger partial charge < -0.3 is 14.0 Å². The summed E-state index contributed by atoms with van der Waals surface area (Å²) in [7, 11) is 3.73. The van der Waals surface area contributed by atoms with Gasteiger partial charge in [-0.1, -0.05) is 18.2 Å². The molecule has 0 saturated carbocycles. The third-order valence-corrected chi connectivity index (χ3v) is 3.73. The highest BCUT2D eigenvalue weighted by atomic mass is 16.5. The van der Waals surface area contributed by atoms with Crippen LogP contribution in [0.1, 0.15) is 11.3 Å². The van der Waals surface area contributed by atoms with Crippen LogP contribution >= 0.6 is 0 Å². The second-order valence-corrected chi connectivity index (χ2v) is 5.22. The molecular weight excluding hydrogens is 262 g/mol. The van der Waals surface area contributed by atoms with Gasteiger partial charge in [0.15, 0.2) is 0 Å². The number of aromatic nitrogens is 1. The molecule has 21 heavy (non-hydrogen) atoms. The third-order valence-electron chi connectivity index (χ3n) is 3.73. The first-order valence-corrected chi connectivity index (χ1v) is 6.99. The van der Waals surface area contributed by atoms with Gasteiger partial charge in [0.05, 0.1) is 12.8 Å². The highest BCUT2D eigenvalue weighted by Crippen LogP contribution is 2.23. The quantitative estimate of drug-likeness (QED) is 0.719. The second kappa shape index (κ2) is 5.52. The lowest BCUT2D eigenvalue weighted by molar-refractivity contribution is 0.295. The molecule has 0 N–H and O–H groups in total. The fraction of sp³-hybridized carbons (Fsp3) is 0.222. The van der Waals surface area contributed by atoms with Gasteiger partial charge in [-0.05, 0) is 42.1 Å². The minimum atomic E-state index is 0.539. The minimum Gasteiger partial charge on any atom is -0.497 e. The van der Waals surface area contributed by atoms with Crippen molar-refractivity contribution in [3.05, 3.63) is 59.8 Å². The SMILES string of the molecule is COc1cccc(OCc2cc3ccc(C)cc3n2C)c1. The van der Waals surface area contributed by atoms with Crippen molar-refractivity contribution in [2.24, 2.45) is 7.05 Å². The van der Waals surface area contributed by atoms with Gasteiger partial charge in [-0.2, -0.15) is 0 Å². The van der Waals surface area contributed by atoms with E-state index in [9.17, 15) is 0 Å². The van der Waals surface area contributed by atoms with Crippen LogP contribution in [-0.4, -0.2) is 11.7 Å². The van der Waals surface area contributed by atoms with Crippen LogP contribution in [0.15, 0.2) is 48.5 Å². The first-order valence-electron chi connectivity index (χ1n) is 6.99. The van der Waals surface area contributed by atoms with Crippen molar-refractivity contribution in [3.63, 3.8) is 0 Å². The number of nitrogens with zero attached hydrogens (tertiary/aromatic N) is 1. The molecule has 0 bridgehead atoms. The molecule has 0 aliphatic rings. The highest BCUT2D eigenvalue weighted by molar-refractivity contribution is 5.81. The van der Waals surface area contributed by atoms with Gasteiger partial charge in [0.1, 0.15) is 18.1 Å². The molecule has 0 amide bonds. The maximum absolute atomic E-state index is 5.87. The Balaban J connectivity index is 1.83. The Labute approximate surface area is 124 Å². The zero-order valence-corrected chi connectivity index (χ0v) is 12.6. The summed E-state index contributed by atoms with van der Waals surface area (Å²) in [5.74, 6) is 1.62. The van der Waals surface area contributed by atoms with Crippen LogP contribution in [0.3, 0.4) is 0 Å².